The summed E-state index contributed by atoms with van der Waals surface area (Å²) in [4.78, 5) is 0. The minimum Gasteiger partial charge on any atom is -0.378 e. The minimum atomic E-state index is -2.42. The second-order valence-corrected chi connectivity index (χ2v) is 7.33. The van der Waals surface area contributed by atoms with Gasteiger partial charge in [-0.15, -0.1) is 6.58 Å². The molecule has 102 valence electrons. The summed E-state index contributed by atoms with van der Waals surface area (Å²) in [6, 6.07) is 0.774. The number of hydrogen-bond donors (Lipinski definition) is 0. The number of ether oxygens (including phenoxy) is 1. The van der Waals surface area contributed by atoms with Crippen molar-refractivity contribution in [3.8, 4) is 0 Å². The zero-order chi connectivity index (χ0) is 13.3. The highest BCUT2D eigenvalue weighted by Gasteiger charge is 2.36. The first-order chi connectivity index (χ1) is 7.99. The van der Waals surface area contributed by atoms with Gasteiger partial charge in [0.25, 0.3) is 0 Å². The van der Waals surface area contributed by atoms with Crippen molar-refractivity contribution in [2.75, 3.05) is 27.9 Å². The van der Waals surface area contributed by atoms with Gasteiger partial charge in [0.05, 0.1) is 6.10 Å². The van der Waals surface area contributed by atoms with Crippen LogP contribution in [0.15, 0.2) is 12.2 Å². The van der Waals surface area contributed by atoms with E-state index in [1.807, 2.05) is 6.92 Å². The summed E-state index contributed by atoms with van der Waals surface area (Å²) >= 11 is 0. The summed E-state index contributed by atoms with van der Waals surface area (Å²) in [5.74, 6) is 0. The quantitative estimate of drug-likeness (QED) is 0.344. The molecule has 1 atom stereocenters. The molecule has 0 spiro atoms. The number of hydrogen-bond acceptors (Lipinski definition) is 4. The molecule has 0 saturated heterocycles. The molecule has 0 aliphatic heterocycles. The highest BCUT2D eigenvalue weighted by Crippen LogP contribution is 2.15. The summed E-state index contributed by atoms with van der Waals surface area (Å²) in [5.41, 5.74) is 1.15. The highest BCUT2D eigenvalue weighted by atomic mass is 28.4. The Labute approximate surface area is 106 Å². The van der Waals surface area contributed by atoms with Crippen molar-refractivity contribution in [3.63, 3.8) is 0 Å². The average Bonchev–Trinajstić information content (AvgIpc) is 2.29. The lowest BCUT2D eigenvalue weighted by atomic mass is 10.2. The van der Waals surface area contributed by atoms with Crippen LogP contribution in [0.25, 0.3) is 0 Å². The second-order valence-electron chi connectivity index (χ2n) is 4.24. The standard InChI is InChI=1S/C12H26O4Si/c1-11(2)10-12(3)16-8-7-9-17(13-4,14-5)15-6/h12H,1,7-10H2,2-6H3. The molecule has 0 aliphatic rings. The molecule has 0 saturated carbocycles. The smallest absolute Gasteiger partial charge is 0.378 e. The van der Waals surface area contributed by atoms with Gasteiger partial charge >= 0.3 is 8.80 Å². The molecule has 0 bridgehead atoms. The Morgan fingerprint density at radius 1 is 1.18 bits per heavy atom. The molecule has 5 heteroatoms. The van der Waals surface area contributed by atoms with Gasteiger partial charge in [-0.1, -0.05) is 5.57 Å². The third-order valence-corrected chi connectivity index (χ3v) is 5.43. The van der Waals surface area contributed by atoms with Gasteiger partial charge in [0.15, 0.2) is 0 Å². The van der Waals surface area contributed by atoms with Crippen LogP contribution in [0.3, 0.4) is 0 Å². The van der Waals surface area contributed by atoms with Crippen molar-refractivity contribution >= 4 is 8.80 Å². The van der Waals surface area contributed by atoms with Crippen LogP contribution < -0.4 is 0 Å². The lowest BCUT2D eigenvalue weighted by Gasteiger charge is -2.24. The predicted octanol–water partition coefficient (Wildman–Crippen LogP) is 2.63. The lowest BCUT2D eigenvalue weighted by Crippen LogP contribution is -2.42. The monoisotopic (exact) mass is 262 g/mol. The van der Waals surface area contributed by atoms with Crippen LogP contribution in [0.1, 0.15) is 26.7 Å². The van der Waals surface area contributed by atoms with Gasteiger partial charge in [0.1, 0.15) is 0 Å². The Morgan fingerprint density at radius 3 is 2.12 bits per heavy atom. The zero-order valence-electron chi connectivity index (χ0n) is 11.7. The summed E-state index contributed by atoms with van der Waals surface area (Å²) in [7, 11) is 2.47. The summed E-state index contributed by atoms with van der Waals surface area (Å²) in [6.07, 6.45) is 2.00. The molecule has 0 aliphatic carbocycles. The molecule has 0 N–H and O–H groups in total. The maximum absolute atomic E-state index is 5.68. The van der Waals surface area contributed by atoms with Crippen LogP contribution in [-0.4, -0.2) is 42.8 Å². The molecule has 4 nitrogen and oxygen atoms in total. The van der Waals surface area contributed by atoms with Crippen molar-refractivity contribution in [2.24, 2.45) is 0 Å². The van der Waals surface area contributed by atoms with E-state index in [2.05, 4.69) is 13.5 Å². The van der Waals surface area contributed by atoms with E-state index in [0.717, 1.165) is 24.5 Å². The lowest BCUT2D eigenvalue weighted by molar-refractivity contribution is 0.0613. The van der Waals surface area contributed by atoms with Gasteiger partial charge in [-0.05, 0) is 26.7 Å². The first kappa shape index (κ1) is 16.8. The molecule has 0 rings (SSSR count). The van der Waals surface area contributed by atoms with Gasteiger partial charge in [-0.25, -0.2) is 0 Å². The fourth-order valence-electron chi connectivity index (χ4n) is 1.68. The van der Waals surface area contributed by atoms with E-state index in [1.165, 1.54) is 0 Å². The van der Waals surface area contributed by atoms with Crippen molar-refractivity contribution in [3.05, 3.63) is 12.2 Å². The molecule has 1 unspecified atom stereocenters. The fourth-order valence-corrected chi connectivity index (χ4v) is 3.37. The maximum atomic E-state index is 5.68. The summed E-state index contributed by atoms with van der Waals surface area (Å²) < 4.78 is 21.7. The SMILES string of the molecule is C=C(C)CC(C)OCCC[Si](OC)(OC)OC. The van der Waals surface area contributed by atoms with Crippen LogP contribution in [0.5, 0.6) is 0 Å². The summed E-state index contributed by atoms with van der Waals surface area (Å²) in [5, 5.41) is 0. The zero-order valence-corrected chi connectivity index (χ0v) is 12.7. The van der Waals surface area contributed by atoms with E-state index in [1.54, 1.807) is 21.3 Å². The van der Waals surface area contributed by atoms with Crippen LogP contribution in [0.2, 0.25) is 6.04 Å². The molecule has 0 heterocycles. The second kappa shape index (κ2) is 8.83. The first-order valence-electron chi connectivity index (χ1n) is 5.91. The van der Waals surface area contributed by atoms with Crippen LogP contribution in [-0.2, 0) is 18.0 Å². The van der Waals surface area contributed by atoms with Gasteiger partial charge < -0.3 is 18.0 Å². The van der Waals surface area contributed by atoms with E-state index < -0.39 is 8.80 Å². The molecule has 0 fully saturated rings. The Balaban J connectivity index is 3.79. The molecule has 0 radical (unpaired) electrons. The highest BCUT2D eigenvalue weighted by molar-refractivity contribution is 6.60. The minimum absolute atomic E-state index is 0.219. The van der Waals surface area contributed by atoms with Gasteiger partial charge in [-0.2, -0.15) is 0 Å². The fraction of sp³-hybridized carbons (Fsp3) is 0.833. The molecule has 0 aromatic carbocycles. The topological polar surface area (TPSA) is 36.9 Å². The van der Waals surface area contributed by atoms with Gasteiger partial charge in [-0.3, -0.25) is 0 Å². The Morgan fingerprint density at radius 2 is 1.71 bits per heavy atom. The molecule has 0 aromatic rings. The van der Waals surface area contributed by atoms with E-state index in [9.17, 15) is 0 Å². The Bertz CT molecular complexity index is 208. The Hall–Kier alpha value is -0.203. The molecule has 17 heavy (non-hydrogen) atoms. The predicted molar refractivity (Wildman–Crippen MR) is 71.1 cm³/mol. The summed E-state index contributed by atoms with van der Waals surface area (Å²) in [6.45, 7) is 8.63. The number of rotatable bonds is 10. The molecular formula is C12H26O4Si. The van der Waals surface area contributed by atoms with E-state index in [-0.39, 0.29) is 6.10 Å². The van der Waals surface area contributed by atoms with E-state index >= 15 is 0 Å². The Kier molecular flexibility index (Phi) is 8.72. The van der Waals surface area contributed by atoms with Crippen LogP contribution >= 0.6 is 0 Å². The van der Waals surface area contributed by atoms with Crippen LogP contribution in [0, 0.1) is 0 Å². The van der Waals surface area contributed by atoms with Crippen molar-refractivity contribution in [2.45, 2.75) is 38.8 Å². The normalized spacial score (nSPS) is 13.7. The van der Waals surface area contributed by atoms with Crippen molar-refractivity contribution in [1.29, 1.82) is 0 Å². The molecular weight excluding hydrogens is 236 g/mol. The largest absolute Gasteiger partial charge is 0.500 e. The third kappa shape index (κ3) is 6.95. The average molecular weight is 262 g/mol. The molecule has 0 aromatic heterocycles. The first-order valence-corrected chi connectivity index (χ1v) is 7.84. The van der Waals surface area contributed by atoms with Crippen LogP contribution in [0.4, 0.5) is 0 Å². The maximum Gasteiger partial charge on any atom is 0.500 e. The van der Waals surface area contributed by atoms with Crippen molar-refractivity contribution < 1.29 is 18.0 Å². The van der Waals surface area contributed by atoms with E-state index in [0.29, 0.717) is 6.61 Å². The van der Waals surface area contributed by atoms with Gasteiger partial charge in [0, 0.05) is 34.0 Å². The van der Waals surface area contributed by atoms with E-state index in [4.69, 9.17) is 18.0 Å². The van der Waals surface area contributed by atoms with Gasteiger partial charge in [0.2, 0.25) is 0 Å². The third-order valence-electron chi connectivity index (χ3n) is 2.60. The van der Waals surface area contributed by atoms with Crippen molar-refractivity contribution in [1.82, 2.24) is 0 Å². The molecule has 0 amide bonds.